The number of allylic oxidation sites excluding steroid dienone is 1. The van der Waals surface area contributed by atoms with Crippen LogP contribution in [0.2, 0.25) is 0 Å². The molecule has 1 aromatic rings. The standard InChI is InChI=1S/C24H26N4O3S/c1-15-19(17-9-12-31-13-10-17)21(29)20-23(26-15)32-24(27-20)28-11-5-8-18(28)22(30)25-14-16-6-3-2-4-7-16/h2-4,6-7,9,18,20H,5,8,10-14H2,1H3,(H,25,30)/t18-,20?/m1/s1. The van der Waals surface area contributed by atoms with E-state index in [0.717, 1.165) is 47.8 Å². The highest BCUT2D eigenvalue weighted by Crippen LogP contribution is 2.36. The first-order valence-electron chi connectivity index (χ1n) is 11.1. The van der Waals surface area contributed by atoms with Gasteiger partial charge in [-0.1, -0.05) is 36.4 Å². The Morgan fingerprint density at radius 3 is 2.94 bits per heavy atom. The number of benzene rings is 1. The molecule has 8 heteroatoms. The van der Waals surface area contributed by atoms with Crippen molar-refractivity contribution >= 4 is 33.7 Å². The van der Waals surface area contributed by atoms with Crippen molar-refractivity contribution in [1.82, 2.24) is 10.2 Å². The third-order valence-corrected chi connectivity index (χ3v) is 7.25. The lowest BCUT2D eigenvalue weighted by Crippen LogP contribution is -2.44. The van der Waals surface area contributed by atoms with Crippen molar-refractivity contribution in [3.63, 3.8) is 0 Å². The van der Waals surface area contributed by atoms with E-state index in [4.69, 9.17) is 14.7 Å². The van der Waals surface area contributed by atoms with Crippen LogP contribution < -0.4 is 5.32 Å². The van der Waals surface area contributed by atoms with Gasteiger partial charge in [-0.05, 0) is 49.1 Å². The van der Waals surface area contributed by atoms with Gasteiger partial charge >= 0.3 is 0 Å². The summed E-state index contributed by atoms with van der Waals surface area (Å²) in [5, 5.41) is 4.50. The van der Waals surface area contributed by atoms with E-state index in [1.165, 1.54) is 11.8 Å². The molecule has 0 aromatic heterocycles. The van der Waals surface area contributed by atoms with Gasteiger partial charge in [-0.15, -0.1) is 0 Å². The number of ketones is 1. The predicted molar refractivity (Wildman–Crippen MR) is 125 cm³/mol. The average Bonchev–Trinajstić information content (AvgIpc) is 3.46. The van der Waals surface area contributed by atoms with Crippen LogP contribution in [-0.4, -0.2) is 58.6 Å². The van der Waals surface area contributed by atoms with Gasteiger partial charge in [-0.3, -0.25) is 9.59 Å². The monoisotopic (exact) mass is 450 g/mol. The summed E-state index contributed by atoms with van der Waals surface area (Å²) >= 11 is 1.43. The third kappa shape index (κ3) is 4.04. The van der Waals surface area contributed by atoms with E-state index in [0.29, 0.717) is 30.4 Å². The van der Waals surface area contributed by atoms with Crippen molar-refractivity contribution < 1.29 is 14.3 Å². The van der Waals surface area contributed by atoms with Gasteiger partial charge in [0.15, 0.2) is 17.0 Å². The number of ether oxygens (including phenoxy) is 1. The molecule has 0 radical (unpaired) electrons. The van der Waals surface area contributed by atoms with Crippen molar-refractivity contribution in [2.45, 2.75) is 44.8 Å². The van der Waals surface area contributed by atoms with Gasteiger partial charge in [0.25, 0.3) is 0 Å². The highest BCUT2D eigenvalue weighted by Gasteiger charge is 2.43. The molecule has 0 spiro atoms. The zero-order valence-electron chi connectivity index (χ0n) is 18.0. The number of nitrogens with zero attached hydrogens (tertiary/aromatic N) is 3. The van der Waals surface area contributed by atoms with E-state index in [1.807, 2.05) is 48.2 Å². The van der Waals surface area contributed by atoms with Crippen LogP contribution in [0, 0.1) is 0 Å². The van der Waals surface area contributed by atoms with Gasteiger partial charge in [-0.25, -0.2) is 9.98 Å². The van der Waals surface area contributed by atoms with Gasteiger partial charge in [0.05, 0.1) is 13.2 Å². The van der Waals surface area contributed by atoms with Crippen LogP contribution in [-0.2, 0) is 20.9 Å². The number of carbonyl (C=O) groups excluding carboxylic acids is 2. The Morgan fingerprint density at radius 1 is 1.31 bits per heavy atom. The lowest BCUT2D eigenvalue weighted by atomic mass is 9.91. The summed E-state index contributed by atoms with van der Waals surface area (Å²) in [7, 11) is 0. The highest BCUT2D eigenvalue weighted by molar-refractivity contribution is 8.27. The van der Waals surface area contributed by atoms with Crippen LogP contribution in [0.5, 0.6) is 0 Å². The molecule has 2 atom stereocenters. The molecule has 0 saturated carbocycles. The second-order valence-electron chi connectivity index (χ2n) is 8.30. The van der Waals surface area contributed by atoms with Gasteiger partial charge < -0.3 is 15.0 Å². The first kappa shape index (κ1) is 21.2. The zero-order valence-corrected chi connectivity index (χ0v) is 18.9. The van der Waals surface area contributed by atoms with Gasteiger partial charge in [-0.2, -0.15) is 0 Å². The zero-order chi connectivity index (χ0) is 22.1. The van der Waals surface area contributed by atoms with Crippen molar-refractivity contribution in [3.05, 3.63) is 58.8 Å². The molecule has 0 bridgehead atoms. The first-order chi connectivity index (χ1) is 15.6. The second-order valence-corrected chi connectivity index (χ2v) is 9.29. The van der Waals surface area contributed by atoms with Crippen molar-refractivity contribution in [2.24, 2.45) is 9.98 Å². The summed E-state index contributed by atoms with van der Waals surface area (Å²) in [6.07, 6.45) is 4.39. The predicted octanol–water partition coefficient (Wildman–Crippen LogP) is 2.84. The molecule has 1 N–H and O–H groups in total. The van der Waals surface area contributed by atoms with Gasteiger partial charge in [0.2, 0.25) is 5.91 Å². The quantitative estimate of drug-likeness (QED) is 0.763. The molecular weight excluding hydrogens is 424 g/mol. The minimum absolute atomic E-state index is 0.000135. The number of amidine groups is 1. The van der Waals surface area contributed by atoms with E-state index in [-0.39, 0.29) is 17.7 Å². The largest absolute Gasteiger partial charge is 0.377 e. The van der Waals surface area contributed by atoms with E-state index >= 15 is 0 Å². The molecule has 1 saturated heterocycles. The summed E-state index contributed by atoms with van der Waals surface area (Å²) in [5.41, 5.74) is 3.51. The summed E-state index contributed by atoms with van der Waals surface area (Å²) in [5.74, 6) is 0.00701. The SMILES string of the molecule is CC1=C(C2=CCOCC2)C(=O)C2N=C(N3CCC[C@@H]3C(=O)NCc3ccccc3)SC2=N1. The number of hydrogen-bond acceptors (Lipinski definition) is 7. The summed E-state index contributed by atoms with van der Waals surface area (Å²) in [4.78, 5) is 37.8. The normalized spacial score (nSPS) is 25.3. The van der Waals surface area contributed by atoms with Crippen LogP contribution in [0.4, 0.5) is 0 Å². The Labute approximate surface area is 191 Å². The number of rotatable bonds is 4. The van der Waals surface area contributed by atoms with Gasteiger partial charge in [0.1, 0.15) is 11.1 Å². The number of Topliss-reactive ketones (excluding diaryl/α,β-unsaturated/α-hetero) is 1. The summed E-state index contributed by atoms with van der Waals surface area (Å²) < 4.78 is 5.39. The molecule has 1 fully saturated rings. The number of likely N-dealkylation sites (tertiary alicyclic amines) is 1. The minimum atomic E-state index is -0.592. The Kier molecular flexibility index (Phi) is 5.97. The molecule has 1 aromatic carbocycles. The lowest BCUT2D eigenvalue weighted by Gasteiger charge is -2.24. The number of aliphatic imine (C=N–C) groups is 2. The van der Waals surface area contributed by atoms with E-state index < -0.39 is 6.04 Å². The minimum Gasteiger partial charge on any atom is -0.377 e. The number of nitrogens with one attached hydrogen (secondary N) is 1. The van der Waals surface area contributed by atoms with E-state index in [9.17, 15) is 9.59 Å². The van der Waals surface area contributed by atoms with Crippen LogP contribution in [0.3, 0.4) is 0 Å². The number of fused-ring (bicyclic) bond motifs is 1. The maximum atomic E-state index is 13.3. The molecule has 32 heavy (non-hydrogen) atoms. The smallest absolute Gasteiger partial charge is 0.243 e. The Morgan fingerprint density at radius 2 is 2.16 bits per heavy atom. The van der Waals surface area contributed by atoms with E-state index in [1.54, 1.807) is 0 Å². The topological polar surface area (TPSA) is 83.4 Å². The molecule has 7 nitrogen and oxygen atoms in total. The fourth-order valence-electron chi connectivity index (χ4n) is 4.58. The number of hydrogen-bond donors (Lipinski definition) is 1. The Hall–Kier alpha value is -2.71. The first-order valence-corrected chi connectivity index (χ1v) is 11.9. The fourth-order valence-corrected chi connectivity index (χ4v) is 5.72. The third-order valence-electron chi connectivity index (χ3n) is 6.20. The summed E-state index contributed by atoms with van der Waals surface area (Å²) in [6, 6.07) is 9.03. The number of carbonyl (C=O) groups is 2. The molecule has 0 aliphatic carbocycles. The number of amides is 1. The fraction of sp³-hybridized carbons (Fsp3) is 0.417. The molecule has 1 unspecified atom stereocenters. The maximum Gasteiger partial charge on any atom is 0.243 e. The van der Waals surface area contributed by atoms with Gasteiger partial charge in [0, 0.05) is 24.4 Å². The molecule has 5 rings (SSSR count). The van der Waals surface area contributed by atoms with Crippen molar-refractivity contribution in [2.75, 3.05) is 19.8 Å². The second kappa shape index (κ2) is 9.03. The summed E-state index contributed by atoms with van der Waals surface area (Å²) in [6.45, 7) is 4.29. The van der Waals surface area contributed by atoms with Crippen LogP contribution >= 0.6 is 11.8 Å². The highest BCUT2D eigenvalue weighted by atomic mass is 32.2. The molecule has 1 amide bonds. The number of thioether (sulfide) groups is 1. The van der Waals surface area contributed by atoms with Crippen LogP contribution in [0.1, 0.15) is 31.7 Å². The Bertz CT molecular complexity index is 1060. The van der Waals surface area contributed by atoms with Crippen LogP contribution in [0.25, 0.3) is 0 Å². The van der Waals surface area contributed by atoms with E-state index in [2.05, 4.69) is 5.32 Å². The Balaban J connectivity index is 1.30. The molecule has 166 valence electrons. The lowest BCUT2D eigenvalue weighted by molar-refractivity contribution is -0.124. The molecule has 4 heterocycles. The molecule has 4 aliphatic rings. The van der Waals surface area contributed by atoms with Crippen molar-refractivity contribution in [3.8, 4) is 0 Å². The van der Waals surface area contributed by atoms with Crippen molar-refractivity contribution in [1.29, 1.82) is 0 Å². The van der Waals surface area contributed by atoms with Crippen LogP contribution in [0.15, 0.2) is 63.2 Å². The molecule has 4 aliphatic heterocycles. The molecular formula is C24H26N4O3S. The average molecular weight is 451 g/mol. The maximum absolute atomic E-state index is 13.3.